The van der Waals surface area contributed by atoms with Crippen LogP contribution in [-0.4, -0.2) is 24.0 Å². The molecule has 1 fully saturated rings. The standard InChI is InChI=1S/C13H22F3NO/c1-3-5-6-10(4-2)11(18)12(7-8-12)17-9-13(14,15)16/h10,17H,3-9H2,1-2H3. The number of carbonyl (C=O) groups is 1. The number of carbonyl (C=O) groups excluding carboxylic acids is 1. The molecule has 0 aromatic heterocycles. The van der Waals surface area contributed by atoms with Crippen LogP contribution in [0.25, 0.3) is 0 Å². The molecule has 0 saturated heterocycles. The second kappa shape index (κ2) is 6.04. The smallest absolute Gasteiger partial charge is 0.297 e. The maximum absolute atomic E-state index is 12.3. The Hall–Kier alpha value is -0.580. The number of halogens is 3. The summed E-state index contributed by atoms with van der Waals surface area (Å²) < 4.78 is 36.6. The van der Waals surface area contributed by atoms with Gasteiger partial charge in [0.05, 0.1) is 12.1 Å². The number of alkyl halides is 3. The van der Waals surface area contributed by atoms with Gasteiger partial charge in [-0.05, 0) is 25.7 Å². The molecule has 0 spiro atoms. The van der Waals surface area contributed by atoms with E-state index in [1.54, 1.807) is 0 Å². The Balaban J connectivity index is 2.53. The number of hydrogen-bond acceptors (Lipinski definition) is 2. The molecule has 0 aromatic carbocycles. The molecule has 1 aliphatic rings. The van der Waals surface area contributed by atoms with E-state index in [1.165, 1.54) is 0 Å². The molecule has 0 bridgehead atoms. The molecule has 0 amide bonds. The van der Waals surface area contributed by atoms with Crippen LogP contribution in [0.4, 0.5) is 13.2 Å². The van der Waals surface area contributed by atoms with E-state index in [9.17, 15) is 18.0 Å². The highest BCUT2D eigenvalue weighted by Crippen LogP contribution is 2.40. The molecule has 1 N–H and O–H groups in total. The number of unbranched alkanes of at least 4 members (excludes halogenated alkanes) is 1. The van der Waals surface area contributed by atoms with E-state index in [2.05, 4.69) is 5.32 Å². The van der Waals surface area contributed by atoms with Gasteiger partial charge in [0.25, 0.3) is 0 Å². The Morgan fingerprint density at radius 3 is 2.33 bits per heavy atom. The Labute approximate surface area is 106 Å². The fourth-order valence-electron chi connectivity index (χ4n) is 2.27. The van der Waals surface area contributed by atoms with Gasteiger partial charge >= 0.3 is 6.18 Å². The molecule has 1 rings (SSSR count). The molecule has 106 valence electrons. The van der Waals surface area contributed by atoms with Gasteiger partial charge in [-0.3, -0.25) is 10.1 Å². The third-order valence-corrected chi connectivity index (χ3v) is 3.62. The Morgan fingerprint density at radius 1 is 1.33 bits per heavy atom. The molecule has 5 heteroatoms. The zero-order chi connectivity index (χ0) is 13.8. The molecule has 0 heterocycles. The van der Waals surface area contributed by atoms with Crippen molar-refractivity contribution in [2.24, 2.45) is 5.92 Å². The second-order valence-electron chi connectivity index (χ2n) is 5.16. The average molecular weight is 265 g/mol. The summed E-state index contributed by atoms with van der Waals surface area (Å²) in [6.07, 6.45) is 0.317. The van der Waals surface area contributed by atoms with Crippen molar-refractivity contribution >= 4 is 5.78 Å². The molecule has 1 atom stereocenters. The van der Waals surface area contributed by atoms with Crippen molar-refractivity contribution in [3.63, 3.8) is 0 Å². The lowest BCUT2D eigenvalue weighted by atomic mass is 9.89. The van der Waals surface area contributed by atoms with Crippen LogP contribution in [0.1, 0.15) is 52.4 Å². The first-order valence-corrected chi connectivity index (χ1v) is 6.70. The van der Waals surface area contributed by atoms with Crippen LogP contribution in [0.15, 0.2) is 0 Å². The lowest BCUT2D eigenvalue weighted by Crippen LogP contribution is -2.46. The van der Waals surface area contributed by atoms with Crippen LogP contribution in [0.5, 0.6) is 0 Å². The molecule has 0 radical (unpaired) electrons. The van der Waals surface area contributed by atoms with Gasteiger partial charge in [0.15, 0.2) is 5.78 Å². The number of hydrogen-bond donors (Lipinski definition) is 1. The molecule has 1 unspecified atom stereocenters. The lowest BCUT2D eigenvalue weighted by Gasteiger charge is -2.22. The summed E-state index contributed by atoms with van der Waals surface area (Å²) in [6, 6.07) is 0. The third-order valence-electron chi connectivity index (χ3n) is 3.62. The van der Waals surface area contributed by atoms with E-state index < -0.39 is 18.3 Å². The van der Waals surface area contributed by atoms with Crippen molar-refractivity contribution in [2.45, 2.75) is 64.1 Å². The van der Waals surface area contributed by atoms with Crippen molar-refractivity contribution in [1.82, 2.24) is 5.32 Å². The van der Waals surface area contributed by atoms with Crippen LogP contribution in [0.2, 0.25) is 0 Å². The first-order valence-electron chi connectivity index (χ1n) is 6.70. The third kappa shape index (κ3) is 4.26. The fourth-order valence-corrected chi connectivity index (χ4v) is 2.27. The molecular weight excluding hydrogens is 243 g/mol. The minimum Gasteiger partial charge on any atom is -0.297 e. The van der Waals surface area contributed by atoms with Crippen LogP contribution in [0.3, 0.4) is 0 Å². The normalized spacial score (nSPS) is 19.6. The van der Waals surface area contributed by atoms with Crippen molar-refractivity contribution in [1.29, 1.82) is 0 Å². The summed E-state index contributed by atoms with van der Waals surface area (Å²) in [6.45, 7) is 2.91. The molecule has 1 aliphatic carbocycles. The van der Waals surface area contributed by atoms with E-state index >= 15 is 0 Å². The topological polar surface area (TPSA) is 29.1 Å². The van der Waals surface area contributed by atoms with E-state index in [-0.39, 0.29) is 11.7 Å². The minimum atomic E-state index is -4.25. The zero-order valence-corrected chi connectivity index (χ0v) is 11.1. The Bertz CT molecular complexity index is 284. The largest absolute Gasteiger partial charge is 0.401 e. The highest BCUT2D eigenvalue weighted by atomic mass is 19.4. The van der Waals surface area contributed by atoms with Crippen molar-refractivity contribution in [2.75, 3.05) is 6.54 Å². The first-order chi connectivity index (χ1) is 8.34. The number of ketones is 1. The van der Waals surface area contributed by atoms with Gasteiger partial charge in [-0.2, -0.15) is 13.2 Å². The van der Waals surface area contributed by atoms with Gasteiger partial charge in [-0.15, -0.1) is 0 Å². The predicted molar refractivity (Wildman–Crippen MR) is 64.3 cm³/mol. The van der Waals surface area contributed by atoms with Gasteiger partial charge in [-0.25, -0.2) is 0 Å². The van der Waals surface area contributed by atoms with E-state index in [0.717, 1.165) is 19.3 Å². The van der Waals surface area contributed by atoms with E-state index in [0.29, 0.717) is 19.3 Å². The maximum Gasteiger partial charge on any atom is 0.401 e. The van der Waals surface area contributed by atoms with Crippen LogP contribution < -0.4 is 5.32 Å². The monoisotopic (exact) mass is 265 g/mol. The Morgan fingerprint density at radius 2 is 1.94 bits per heavy atom. The van der Waals surface area contributed by atoms with Crippen molar-refractivity contribution in [3.05, 3.63) is 0 Å². The summed E-state index contributed by atoms with van der Waals surface area (Å²) in [4.78, 5) is 12.3. The summed E-state index contributed by atoms with van der Waals surface area (Å²) in [5.41, 5.74) is -0.871. The fraction of sp³-hybridized carbons (Fsp3) is 0.923. The summed E-state index contributed by atoms with van der Waals surface area (Å²) >= 11 is 0. The molecular formula is C13H22F3NO. The van der Waals surface area contributed by atoms with Crippen LogP contribution in [0, 0.1) is 5.92 Å². The first kappa shape index (κ1) is 15.5. The predicted octanol–water partition coefficient (Wildman–Crippen LogP) is 3.46. The number of Topliss-reactive ketones (excluding diaryl/α,β-unsaturated/α-hetero) is 1. The number of rotatable bonds is 8. The van der Waals surface area contributed by atoms with Crippen molar-refractivity contribution < 1.29 is 18.0 Å². The molecule has 0 aromatic rings. The Kier molecular flexibility index (Phi) is 5.20. The summed E-state index contributed by atoms with van der Waals surface area (Å²) in [7, 11) is 0. The quantitative estimate of drug-likeness (QED) is 0.728. The van der Waals surface area contributed by atoms with Gasteiger partial charge in [-0.1, -0.05) is 26.7 Å². The molecule has 18 heavy (non-hydrogen) atoms. The minimum absolute atomic E-state index is 0.0114. The van der Waals surface area contributed by atoms with E-state index in [1.807, 2.05) is 13.8 Å². The van der Waals surface area contributed by atoms with Crippen LogP contribution in [-0.2, 0) is 4.79 Å². The van der Waals surface area contributed by atoms with Gasteiger partial charge < -0.3 is 0 Å². The molecule has 0 aliphatic heterocycles. The van der Waals surface area contributed by atoms with Crippen molar-refractivity contribution in [3.8, 4) is 0 Å². The van der Waals surface area contributed by atoms with E-state index in [4.69, 9.17) is 0 Å². The molecule has 2 nitrogen and oxygen atoms in total. The van der Waals surface area contributed by atoms with Gasteiger partial charge in [0.1, 0.15) is 0 Å². The van der Waals surface area contributed by atoms with Gasteiger partial charge in [0, 0.05) is 5.92 Å². The summed E-state index contributed by atoms with van der Waals surface area (Å²) in [5, 5.41) is 2.43. The summed E-state index contributed by atoms with van der Waals surface area (Å²) in [5.74, 6) is -0.101. The second-order valence-corrected chi connectivity index (χ2v) is 5.16. The molecule has 1 saturated carbocycles. The van der Waals surface area contributed by atoms with Gasteiger partial charge in [0.2, 0.25) is 0 Å². The number of nitrogens with one attached hydrogen (secondary N) is 1. The zero-order valence-electron chi connectivity index (χ0n) is 11.1. The lowest BCUT2D eigenvalue weighted by molar-refractivity contribution is -0.134. The maximum atomic E-state index is 12.3. The average Bonchev–Trinajstić information content (AvgIpc) is 3.07. The SMILES string of the molecule is CCCCC(CC)C(=O)C1(NCC(F)(F)F)CC1. The highest BCUT2D eigenvalue weighted by Gasteiger charge is 2.52. The van der Waals surface area contributed by atoms with Crippen LogP contribution >= 0.6 is 0 Å². The highest BCUT2D eigenvalue weighted by molar-refractivity contribution is 5.93.